The molecule has 0 aromatic carbocycles. The molecule has 9 heteroatoms. The van der Waals surface area contributed by atoms with Crippen molar-refractivity contribution in [1.29, 1.82) is 0 Å². The standard InChI is InChI=1S/C9H8F3NO5/c1-2-18-8(15)9(12)5(14)3-4(13(16)17)6(10)7(9)11/h3,5,14H,2H2,1H3. The van der Waals surface area contributed by atoms with E-state index in [1.807, 2.05) is 0 Å². The van der Waals surface area contributed by atoms with E-state index < -0.39 is 40.0 Å². The Kier molecular flexibility index (Phi) is 3.75. The molecule has 0 aliphatic heterocycles. The van der Waals surface area contributed by atoms with Crippen molar-refractivity contribution in [3.05, 3.63) is 33.5 Å². The van der Waals surface area contributed by atoms with Crippen LogP contribution in [0.5, 0.6) is 0 Å². The van der Waals surface area contributed by atoms with Crippen LogP contribution >= 0.6 is 0 Å². The van der Waals surface area contributed by atoms with Crippen LogP contribution in [0, 0.1) is 10.1 Å². The van der Waals surface area contributed by atoms with Crippen molar-refractivity contribution in [2.24, 2.45) is 0 Å². The molecule has 0 aromatic rings. The first kappa shape index (κ1) is 14.2. The number of nitro groups is 1. The molecule has 0 amide bonds. The molecular formula is C9H8F3NO5. The molecule has 1 rings (SSSR count). The van der Waals surface area contributed by atoms with E-state index in [1.165, 1.54) is 6.92 Å². The largest absolute Gasteiger partial charge is 0.463 e. The summed E-state index contributed by atoms with van der Waals surface area (Å²) in [5, 5.41) is 19.5. The van der Waals surface area contributed by atoms with Crippen molar-refractivity contribution < 1.29 is 32.7 Å². The molecule has 18 heavy (non-hydrogen) atoms. The Morgan fingerprint density at radius 1 is 1.67 bits per heavy atom. The fourth-order valence-electron chi connectivity index (χ4n) is 1.33. The van der Waals surface area contributed by atoms with Crippen LogP contribution < -0.4 is 0 Å². The normalized spacial score (nSPS) is 27.8. The smallest absolute Gasteiger partial charge is 0.354 e. The van der Waals surface area contributed by atoms with Gasteiger partial charge in [0.05, 0.1) is 11.5 Å². The number of carbonyl (C=O) groups is 1. The van der Waals surface area contributed by atoms with Gasteiger partial charge in [-0.1, -0.05) is 0 Å². The average Bonchev–Trinajstić information content (AvgIpc) is 2.31. The Bertz CT molecular complexity index is 461. The van der Waals surface area contributed by atoms with E-state index in [4.69, 9.17) is 0 Å². The number of hydrogen-bond acceptors (Lipinski definition) is 5. The first-order valence-electron chi connectivity index (χ1n) is 4.73. The average molecular weight is 267 g/mol. The second-order valence-electron chi connectivity index (χ2n) is 3.31. The van der Waals surface area contributed by atoms with Crippen molar-refractivity contribution in [1.82, 2.24) is 0 Å². The van der Waals surface area contributed by atoms with E-state index >= 15 is 0 Å². The summed E-state index contributed by atoms with van der Waals surface area (Å²) in [6, 6.07) is 0. The lowest BCUT2D eigenvalue weighted by molar-refractivity contribution is -0.424. The lowest BCUT2D eigenvalue weighted by Crippen LogP contribution is -2.49. The van der Waals surface area contributed by atoms with Gasteiger partial charge in [0, 0.05) is 6.08 Å². The number of rotatable bonds is 3. The highest BCUT2D eigenvalue weighted by Gasteiger charge is 2.57. The lowest BCUT2D eigenvalue weighted by Gasteiger charge is -2.26. The monoisotopic (exact) mass is 267 g/mol. The number of ether oxygens (including phenoxy) is 1. The van der Waals surface area contributed by atoms with Crippen LogP contribution in [0.15, 0.2) is 23.4 Å². The van der Waals surface area contributed by atoms with Crippen molar-refractivity contribution >= 4 is 5.97 Å². The number of halogens is 3. The van der Waals surface area contributed by atoms with Crippen LogP contribution in [0.25, 0.3) is 0 Å². The summed E-state index contributed by atoms with van der Waals surface area (Å²) in [5.74, 6) is -6.38. The lowest BCUT2D eigenvalue weighted by atomic mass is 9.91. The van der Waals surface area contributed by atoms with Crippen molar-refractivity contribution in [2.45, 2.75) is 18.7 Å². The number of hydrogen-bond donors (Lipinski definition) is 1. The molecule has 2 unspecified atom stereocenters. The summed E-state index contributed by atoms with van der Waals surface area (Å²) < 4.78 is 44.7. The van der Waals surface area contributed by atoms with Crippen LogP contribution in [0.1, 0.15) is 6.92 Å². The van der Waals surface area contributed by atoms with Crippen LogP contribution in [-0.2, 0) is 9.53 Å². The van der Waals surface area contributed by atoms with Gasteiger partial charge in [-0.05, 0) is 6.92 Å². The Labute approximate surface area is 98.5 Å². The Morgan fingerprint density at radius 2 is 2.22 bits per heavy atom. The molecule has 1 aliphatic rings. The van der Waals surface area contributed by atoms with Gasteiger partial charge in [-0.2, -0.15) is 4.39 Å². The molecule has 0 saturated heterocycles. The SMILES string of the molecule is CCOC(=O)C1(F)C(F)=C(F)C([N+](=O)[O-])=CC1O. The fraction of sp³-hybridized carbons (Fsp3) is 0.444. The van der Waals surface area contributed by atoms with Crippen molar-refractivity contribution in [3.8, 4) is 0 Å². The fourth-order valence-corrected chi connectivity index (χ4v) is 1.33. The minimum absolute atomic E-state index is 0.106. The molecule has 1 aliphatic carbocycles. The molecule has 100 valence electrons. The van der Waals surface area contributed by atoms with Gasteiger partial charge in [0.2, 0.25) is 5.83 Å². The number of alkyl halides is 1. The molecular weight excluding hydrogens is 259 g/mol. The number of nitrogens with zero attached hydrogens (tertiary/aromatic N) is 1. The van der Waals surface area contributed by atoms with E-state index in [2.05, 4.69) is 4.74 Å². The van der Waals surface area contributed by atoms with E-state index in [0.29, 0.717) is 0 Å². The minimum Gasteiger partial charge on any atom is -0.463 e. The maximum absolute atomic E-state index is 14.0. The van der Waals surface area contributed by atoms with Crippen molar-refractivity contribution in [3.63, 3.8) is 0 Å². The Balaban J connectivity index is 3.28. The van der Waals surface area contributed by atoms with Gasteiger partial charge in [-0.3, -0.25) is 10.1 Å². The van der Waals surface area contributed by atoms with Crippen LogP contribution in [0.2, 0.25) is 0 Å². The predicted octanol–water partition coefficient (Wildman–Crippen LogP) is 0.944. The first-order valence-corrected chi connectivity index (χ1v) is 4.73. The summed E-state index contributed by atoms with van der Waals surface area (Å²) >= 11 is 0. The van der Waals surface area contributed by atoms with Crippen LogP contribution in [0.3, 0.4) is 0 Å². The zero-order valence-corrected chi connectivity index (χ0v) is 9.02. The summed E-state index contributed by atoms with van der Waals surface area (Å²) in [5.41, 5.74) is -5.25. The van der Waals surface area contributed by atoms with Gasteiger partial charge in [-0.25, -0.2) is 13.6 Å². The second-order valence-corrected chi connectivity index (χ2v) is 3.31. The quantitative estimate of drug-likeness (QED) is 0.467. The third kappa shape index (κ3) is 1.96. The molecule has 0 radical (unpaired) electrons. The van der Waals surface area contributed by atoms with Gasteiger partial charge in [0.1, 0.15) is 6.10 Å². The molecule has 0 heterocycles. The van der Waals surface area contributed by atoms with Gasteiger partial charge < -0.3 is 9.84 Å². The Morgan fingerprint density at radius 3 is 2.67 bits per heavy atom. The third-order valence-corrected chi connectivity index (χ3v) is 2.23. The molecule has 2 atom stereocenters. The minimum atomic E-state index is -3.81. The summed E-state index contributed by atoms with van der Waals surface area (Å²) in [4.78, 5) is 20.1. The van der Waals surface area contributed by atoms with Crippen LogP contribution in [-0.4, -0.2) is 34.4 Å². The molecule has 0 fully saturated rings. The van der Waals surface area contributed by atoms with Gasteiger partial charge in [-0.15, -0.1) is 0 Å². The molecule has 0 bridgehead atoms. The molecule has 0 spiro atoms. The summed E-state index contributed by atoms with van der Waals surface area (Å²) in [7, 11) is 0. The van der Waals surface area contributed by atoms with Gasteiger partial charge in [0.25, 0.3) is 5.67 Å². The van der Waals surface area contributed by atoms with E-state index in [9.17, 15) is 33.2 Å². The predicted molar refractivity (Wildman–Crippen MR) is 50.8 cm³/mol. The highest BCUT2D eigenvalue weighted by Crippen LogP contribution is 2.39. The number of allylic oxidation sites excluding steroid dienone is 1. The highest BCUT2D eigenvalue weighted by molar-refractivity contribution is 5.85. The number of aliphatic hydroxyl groups is 1. The first-order chi connectivity index (χ1) is 8.26. The van der Waals surface area contributed by atoms with Gasteiger partial charge in [0.15, 0.2) is 5.83 Å². The Hall–Kier alpha value is -1.90. The topological polar surface area (TPSA) is 89.7 Å². The summed E-state index contributed by atoms with van der Waals surface area (Å²) in [6.45, 7) is 0.949. The van der Waals surface area contributed by atoms with E-state index in [1.54, 1.807) is 0 Å². The maximum Gasteiger partial charge on any atom is 0.354 e. The molecule has 0 aromatic heterocycles. The summed E-state index contributed by atoms with van der Waals surface area (Å²) in [6.07, 6.45) is -2.44. The number of esters is 1. The highest BCUT2D eigenvalue weighted by atomic mass is 19.2. The van der Waals surface area contributed by atoms with Crippen molar-refractivity contribution in [2.75, 3.05) is 6.61 Å². The van der Waals surface area contributed by atoms with E-state index in [-0.39, 0.29) is 12.7 Å². The zero-order valence-electron chi connectivity index (χ0n) is 9.02. The second kappa shape index (κ2) is 4.77. The number of aliphatic hydroxyl groups excluding tert-OH is 1. The van der Waals surface area contributed by atoms with E-state index in [0.717, 1.165) is 0 Å². The third-order valence-electron chi connectivity index (χ3n) is 2.23. The molecule has 0 saturated carbocycles. The number of carbonyl (C=O) groups excluding carboxylic acids is 1. The van der Waals surface area contributed by atoms with Gasteiger partial charge >= 0.3 is 11.7 Å². The molecule has 1 N–H and O–H groups in total. The zero-order chi connectivity index (χ0) is 14.1. The van der Waals surface area contributed by atoms with Crippen LogP contribution in [0.4, 0.5) is 13.2 Å². The molecule has 6 nitrogen and oxygen atoms in total. The maximum atomic E-state index is 14.0.